The highest BCUT2D eigenvalue weighted by Gasteiger charge is 2.16. The Balaban J connectivity index is 2.30. The number of nitrogens with one attached hydrogen (secondary N) is 2. The average Bonchev–Trinajstić information content (AvgIpc) is 2.98. The lowest BCUT2D eigenvalue weighted by atomic mass is 9.99. The molecule has 4 nitrogen and oxygen atoms in total. The molecule has 0 atom stereocenters. The fraction of sp³-hybridized carbons (Fsp3) is 0.167. The molecule has 0 saturated heterocycles. The van der Waals surface area contributed by atoms with Gasteiger partial charge in [-0.1, -0.05) is 30.3 Å². The zero-order chi connectivity index (χ0) is 15.7. The number of H-pyrrole nitrogens is 1. The van der Waals surface area contributed by atoms with Crippen molar-refractivity contribution >= 4 is 22.5 Å². The van der Waals surface area contributed by atoms with Crippen LogP contribution in [0.1, 0.15) is 10.4 Å². The maximum atomic E-state index is 12.2. The van der Waals surface area contributed by atoms with Crippen molar-refractivity contribution in [3.63, 3.8) is 0 Å². The van der Waals surface area contributed by atoms with Gasteiger partial charge in [0.1, 0.15) is 0 Å². The van der Waals surface area contributed by atoms with Crippen molar-refractivity contribution in [3.05, 3.63) is 54.2 Å². The van der Waals surface area contributed by atoms with E-state index < -0.39 is 0 Å². The molecule has 0 bridgehead atoms. The number of hydrogen-bond donors (Lipinski definition) is 2. The summed E-state index contributed by atoms with van der Waals surface area (Å²) in [6.07, 6.45) is 1.94. The first-order chi connectivity index (χ1) is 10.6. The van der Waals surface area contributed by atoms with E-state index in [0.29, 0.717) is 5.56 Å². The Bertz CT molecular complexity index is 819. The Morgan fingerprint density at radius 1 is 1.09 bits per heavy atom. The van der Waals surface area contributed by atoms with Crippen molar-refractivity contribution in [1.29, 1.82) is 0 Å². The van der Waals surface area contributed by atoms with Gasteiger partial charge in [0.25, 0.3) is 5.91 Å². The summed E-state index contributed by atoms with van der Waals surface area (Å²) in [7, 11) is 5.65. The summed E-state index contributed by atoms with van der Waals surface area (Å²) < 4.78 is 0. The van der Waals surface area contributed by atoms with Crippen LogP contribution in [-0.4, -0.2) is 32.0 Å². The summed E-state index contributed by atoms with van der Waals surface area (Å²) in [5.41, 5.74) is 4.72. The monoisotopic (exact) mass is 293 g/mol. The van der Waals surface area contributed by atoms with Gasteiger partial charge in [0.15, 0.2) is 0 Å². The number of amides is 1. The minimum Gasteiger partial charge on any atom is -0.376 e. The van der Waals surface area contributed by atoms with Crippen LogP contribution in [0.5, 0.6) is 0 Å². The number of rotatable bonds is 3. The molecular weight excluding hydrogens is 274 g/mol. The van der Waals surface area contributed by atoms with Crippen LogP contribution in [0.15, 0.2) is 48.7 Å². The van der Waals surface area contributed by atoms with Gasteiger partial charge in [-0.25, -0.2) is 0 Å². The summed E-state index contributed by atoms with van der Waals surface area (Å²) in [6, 6.07) is 14.2. The number of aromatic nitrogens is 1. The second-order valence-corrected chi connectivity index (χ2v) is 5.46. The number of anilines is 1. The number of carbonyl (C=O) groups is 1. The van der Waals surface area contributed by atoms with Gasteiger partial charge < -0.3 is 15.2 Å². The highest BCUT2D eigenvalue weighted by Crippen LogP contribution is 2.33. The molecule has 22 heavy (non-hydrogen) atoms. The quantitative estimate of drug-likeness (QED) is 0.778. The molecule has 0 aliphatic heterocycles. The lowest BCUT2D eigenvalue weighted by Crippen LogP contribution is -2.18. The van der Waals surface area contributed by atoms with Crippen molar-refractivity contribution in [2.75, 3.05) is 26.0 Å². The van der Waals surface area contributed by atoms with Crippen molar-refractivity contribution < 1.29 is 4.79 Å². The Labute approximate surface area is 129 Å². The van der Waals surface area contributed by atoms with Gasteiger partial charge in [-0.3, -0.25) is 4.79 Å². The predicted octanol–water partition coefficient (Wildman–Crippen LogP) is 3.26. The fourth-order valence-electron chi connectivity index (χ4n) is 2.70. The highest BCUT2D eigenvalue weighted by atomic mass is 16.1. The van der Waals surface area contributed by atoms with Gasteiger partial charge in [0.2, 0.25) is 0 Å². The van der Waals surface area contributed by atoms with Crippen molar-refractivity contribution in [3.8, 4) is 11.1 Å². The first-order valence-corrected chi connectivity index (χ1v) is 7.21. The molecule has 0 aliphatic carbocycles. The van der Waals surface area contributed by atoms with E-state index in [1.165, 1.54) is 0 Å². The Morgan fingerprint density at radius 3 is 2.45 bits per heavy atom. The zero-order valence-electron chi connectivity index (χ0n) is 13.0. The lowest BCUT2D eigenvalue weighted by molar-refractivity contribution is 0.0964. The standard InChI is InChI=1S/C18H19N3O/c1-19-18(22)15-10-13(12-7-5-4-6-8-12)9-14-16(21(2)3)11-20-17(14)15/h4-11,20H,1-3H3,(H,19,22). The second kappa shape index (κ2) is 5.56. The van der Waals surface area contributed by atoms with Crippen molar-refractivity contribution in [2.45, 2.75) is 0 Å². The Morgan fingerprint density at radius 2 is 1.82 bits per heavy atom. The van der Waals surface area contributed by atoms with Crippen LogP contribution >= 0.6 is 0 Å². The molecule has 0 unspecified atom stereocenters. The molecule has 0 aliphatic rings. The predicted molar refractivity (Wildman–Crippen MR) is 91.5 cm³/mol. The Kier molecular flexibility index (Phi) is 3.59. The van der Waals surface area contributed by atoms with Gasteiger partial charge >= 0.3 is 0 Å². The van der Waals surface area contributed by atoms with E-state index in [2.05, 4.69) is 28.5 Å². The van der Waals surface area contributed by atoms with Crippen molar-refractivity contribution in [1.82, 2.24) is 10.3 Å². The molecule has 3 aromatic rings. The van der Waals surface area contributed by atoms with Crippen LogP contribution in [0.25, 0.3) is 22.0 Å². The van der Waals surface area contributed by atoms with E-state index in [1.807, 2.05) is 49.5 Å². The number of nitrogens with zero attached hydrogens (tertiary/aromatic N) is 1. The first-order valence-electron chi connectivity index (χ1n) is 7.21. The van der Waals surface area contributed by atoms with E-state index in [4.69, 9.17) is 0 Å². The van der Waals surface area contributed by atoms with Gasteiger partial charge in [-0.2, -0.15) is 0 Å². The maximum absolute atomic E-state index is 12.2. The smallest absolute Gasteiger partial charge is 0.253 e. The number of aromatic amines is 1. The van der Waals surface area contributed by atoms with Crippen LogP contribution in [-0.2, 0) is 0 Å². The molecule has 1 amide bonds. The average molecular weight is 293 g/mol. The molecular formula is C18H19N3O. The molecule has 0 spiro atoms. The minimum atomic E-state index is -0.0880. The summed E-state index contributed by atoms with van der Waals surface area (Å²) in [6.45, 7) is 0. The normalized spacial score (nSPS) is 10.7. The summed E-state index contributed by atoms with van der Waals surface area (Å²) in [5, 5.41) is 3.76. The van der Waals surface area contributed by atoms with Gasteiger partial charge in [0, 0.05) is 32.7 Å². The Hall–Kier alpha value is -2.75. The topological polar surface area (TPSA) is 48.1 Å². The molecule has 112 valence electrons. The zero-order valence-corrected chi connectivity index (χ0v) is 13.0. The molecule has 1 aromatic heterocycles. The largest absolute Gasteiger partial charge is 0.376 e. The highest BCUT2D eigenvalue weighted by molar-refractivity contribution is 6.10. The van der Waals surface area contributed by atoms with E-state index >= 15 is 0 Å². The summed E-state index contributed by atoms with van der Waals surface area (Å²) >= 11 is 0. The lowest BCUT2D eigenvalue weighted by Gasteiger charge is -2.12. The molecule has 1 heterocycles. The molecule has 3 rings (SSSR count). The van der Waals surface area contributed by atoms with Crippen LogP contribution in [0.2, 0.25) is 0 Å². The number of benzene rings is 2. The third-order valence-electron chi connectivity index (χ3n) is 3.83. The number of hydrogen-bond acceptors (Lipinski definition) is 2. The number of carbonyl (C=O) groups excluding carboxylic acids is 1. The van der Waals surface area contributed by atoms with E-state index in [1.54, 1.807) is 7.05 Å². The molecule has 2 N–H and O–H groups in total. The van der Waals surface area contributed by atoms with E-state index in [9.17, 15) is 4.79 Å². The molecule has 0 saturated carbocycles. The van der Waals surface area contributed by atoms with E-state index in [0.717, 1.165) is 27.7 Å². The minimum absolute atomic E-state index is 0.0880. The van der Waals surface area contributed by atoms with Crippen LogP contribution in [0, 0.1) is 0 Å². The SMILES string of the molecule is CNC(=O)c1cc(-c2ccccc2)cc2c(N(C)C)c[nH]c12. The third kappa shape index (κ3) is 2.33. The molecule has 0 radical (unpaired) electrons. The summed E-state index contributed by atoms with van der Waals surface area (Å²) in [5.74, 6) is -0.0880. The van der Waals surface area contributed by atoms with Crippen LogP contribution in [0.4, 0.5) is 5.69 Å². The van der Waals surface area contributed by atoms with Gasteiger partial charge in [-0.05, 0) is 23.3 Å². The van der Waals surface area contributed by atoms with E-state index in [-0.39, 0.29) is 5.91 Å². The summed E-state index contributed by atoms with van der Waals surface area (Å²) in [4.78, 5) is 17.5. The van der Waals surface area contributed by atoms with Gasteiger partial charge in [0.05, 0.1) is 16.8 Å². The molecule has 0 fully saturated rings. The van der Waals surface area contributed by atoms with Gasteiger partial charge in [-0.15, -0.1) is 0 Å². The van der Waals surface area contributed by atoms with Crippen LogP contribution in [0.3, 0.4) is 0 Å². The maximum Gasteiger partial charge on any atom is 0.253 e. The molecule has 2 aromatic carbocycles. The second-order valence-electron chi connectivity index (χ2n) is 5.46. The first kappa shape index (κ1) is 14.2. The number of fused-ring (bicyclic) bond motifs is 1. The third-order valence-corrected chi connectivity index (χ3v) is 3.83. The van der Waals surface area contributed by atoms with Crippen molar-refractivity contribution in [2.24, 2.45) is 0 Å². The van der Waals surface area contributed by atoms with Crippen LogP contribution < -0.4 is 10.2 Å². The molecule has 4 heteroatoms. The fourth-order valence-corrected chi connectivity index (χ4v) is 2.70.